The molecule has 2 rings (SSSR count). The first-order valence-corrected chi connectivity index (χ1v) is 5.43. The molecule has 1 aromatic rings. The van der Waals surface area contributed by atoms with Gasteiger partial charge in [-0.1, -0.05) is 24.3 Å². The highest BCUT2D eigenvalue weighted by molar-refractivity contribution is 6.24. The van der Waals surface area contributed by atoms with Gasteiger partial charge in [0, 0.05) is 0 Å². The first-order valence-electron chi connectivity index (χ1n) is 5.43. The molecule has 0 unspecified atom stereocenters. The lowest BCUT2D eigenvalue weighted by Gasteiger charge is -2.13. The van der Waals surface area contributed by atoms with E-state index in [1.807, 2.05) is 31.2 Å². The maximum Gasteiger partial charge on any atom is 0.327 e. The van der Waals surface area contributed by atoms with Gasteiger partial charge >= 0.3 is 5.97 Å². The topological polar surface area (TPSA) is 43.4 Å². The molecule has 0 amide bonds. The molecule has 3 nitrogen and oxygen atoms in total. The molecule has 1 aliphatic rings. The Balaban J connectivity index is 2.39. The molecule has 0 bridgehead atoms. The first kappa shape index (κ1) is 11.6. The first-order chi connectivity index (χ1) is 8.04. The van der Waals surface area contributed by atoms with Gasteiger partial charge in [0.1, 0.15) is 0 Å². The number of hydrogen-bond donors (Lipinski definition) is 0. The zero-order chi connectivity index (χ0) is 12.6. The van der Waals surface area contributed by atoms with Crippen LogP contribution in [0.3, 0.4) is 0 Å². The van der Waals surface area contributed by atoms with Gasteiger partial charge in [-0.25, -0.2) is 0 Å². The molecule has 0 spiro atoms. The predicted molar refractivity (Wildman–Crippen MR) is 64.3 cm³/mol. The van der Waals surface area contributed by atoms with Crippen molar-refractivity contribution >= 4 is 17.3 Å². The molecule has 88 valence electrons. The number of carbonyl (C=O) groups is 2. The quantitative estimate of drug-likeness (QED) is 0.590. The smallest absolute Gasteiger partial charge is 0.327 e. The van der Waals surface area contributed by atoms with Crippen molar-refractivity contribution in [3.63, 3.8) is 0 Å². The van der Waals surface area contributed by atoms with Crippen LogP contribution >= 0.6 is 0 Å². The van der Waals surface area contributed by atoms with Crippen LogP contribution in [-0.2, 0) is 14.3 Å². The van der Waals surface area contributed by atoms with E-state index in [9.17, 15) is 9.59 Å². The molecule has 1 atom stereocenters. The number of carbonyl (C=O) groups excluding carboxylic acids is 2. The van der Waals surface area contributed by atoms with Gasteiger partial charge < -0.3 is 4.74 Å². The van der Waals surface area contributed by atoms with E-state index < -0.39 is 11.4 Å². The molecule has 0 saturated heterocycles. The number of ketones is 1. The standard InChI is InChI=1S/C14H14O3/c1-9-6-4-5-7-11(9)12-8-14(12,10(2)15)13(16)17-3/h4-8H,1-3H3/t14-/m0/s1. The molecule has 17 heavy (non-hydrogen) atoms. The number of hydrogen-bond acceptors (Lipinski definition) is 3. The van der Waals surface area contributed by atoms with Gasteiger partial charge in [-0.2, -0.15) is 0 Å². The molecule has 0 radical (unpaired) electrons. The molecule has 3 heteroatoms. The minimum absolute atomic E-state index is 0.192. The normalized spacial score (nSPS) is 21.7. The predicted octanol–water partition coefficient (Wildman–Crippen LogP) is 2.14. The second kappa shape index (κ2) is 3.84. The maximum absolute atomic E-state index is 11.7. The third-order valence-electron chi connectivity index (χ3n) is 3.20. The molecule has 0 N–H and O–H groups in total. The molecule has 1 aliphatic carbocycles. The van der Waals surface area contributed by atoms with Crippen molar-refractivity contribution < 1.29 is 14.3 Å². The van der Waals surface area contributed by atoms with Gasteiger partial charge in [-0.15, -0.1) is 0 Å². The van der Waals surface area contributed by atoms with Crippen LogP contribution in [0.4, 0.5) is 0 Å². The van der Waals surface area contributed by atoms with E-state index in [1.165, 1.54) is 14.0 Å². The van der Waals surface area contributed by atoms with Crippen molar-refractivity contribution in [1.29, 1.82) is 0 Å². The molecule has 0 saturated carbocycles. The summed E-state index contributed by atoms with van der Waals surface area (Å²) in [6.07, 6.45) is 1.68. The van der Waals surface area contributed by atoms with Crippen molar-refractivity contribution in [2.24, 2.45) is 5.41 Å². The summed E-state index contributed by atoms with van der Waals surface area (Å²) in [6, 6.07) is 7.69. The Bertz CT molecular complexity index is 528. The Hall–Kier alpha value is -1.90. The number of esters is 1. The van der Waals surface area contributed by atoms with Crippen molar-refractivity contribution in [1.82, 2.24) is 0 Å². The molecular formula is C14H14O3. The van der Waals surface area contributed by atoms with E-state index in [2.05, 4.69) is 0 Å². The van der Waals surface area contributed by atoms with Crippen molar-refractivity contribution in [2.45, 2.75) is 13.8 Å². The second-order valence-corrected chi connectivity index (χ2v) is 4.23. The van der Waals surface area contributed by atoms with Crippen molar-refractivity contribution in [3.8, 4) is 0 Å². The summed E-state index contributed by atoms with van der Waals surface area (Å²) in [5.74, 6) is -0.689. The number of ether oxygens (including phenoxy) is 1. The molecule has 0 aliphatic heterocycles. The SMILES string of the molecule is COC(=O)[C@]1(C(C)=O)C=C1c1ccccc1C. The molecule has 1 aromatic carbocycles. The van der Waals surface area contributed by atoms with Crippen molar-refractivity contribution in [3.05, 3.63) is 41.5 Å². The highest BCUT2D eigenvalue weighted by Crippen LogP contribution is 2.53. The summed E-state index contributed by atoms with van der Waals surface area (Å²) in [5.41, 5.74) is 1.61. The van der Waals surface area contributed by atoms with Crippen LogP contribution in [0.15, 0.2) is 30.3 Å². The van der Waals surface area contributed by atoms with Gasteiger partial charge in [0.05, 0.1) is 7.11 Å². The lowest BCUT2D eigenvalue weighted by molar-refractivity contribution is -0.148. The summed E-state index contributed by atoms with van der Waals surface area (Å²) in [4.78, 5) is 23.4. The number of methoxy groups -OCH3 is 1. The Kier molecular flexibility index (Phi) is 2.62. The van der Waals surface area contributed by atoms with Gasteiger partial charge in [-0.3, -0.25) is 9.59 Å². The summed E-state index contributed by atoms with van der Waals surface area (Å²) in [5, 5.41) is 0. The summed E-state index contributed by atoms with van der Waals surface area (Å²) in [7, 11) is 1.30. The number of benzene rings is 1. The summed E-state index contributed by atoms with van der Waals surface area (Å²) in [6.45, 7) is 3.37. The summed E-state index contributed by atoms with van der Waals surface area (Å²) < 4.78 is 4.72. The minimum Gasteiger partial charge on any atom is -0.468 e. The summed E-state index contributed by atoms with van der Waals surface area (Å²) >= 11 is 0. The van der Waals surface area contributed by atoms with Crippen LogP contribution in [0.1, 0.15) is 18.1 Å². The third-order valence-corrected chi connectivity index (χ3v) is 3.20. The number of aryl methyl sites for hydroxylation is 1. The van der Waals surface area contributed by atoms with Crippen LogP contribution < -0.4 is 0 Å². The Morgan fingerprint density at radius 2 is 1.88 bits per heavy atom. The zero-order valence-electron chi connectivity index (χ0n) is 10.1. The lowest BCUT2D eigenvalue weighted by atomic mass is 9.91. The fraction of sp³-hybridized carbons (Fsp3) is 0.286. The van der Waals surface area contributed by atoms with Gasteiger partial charge in [0.15, 0.2) is 11.2 Å². The Labute approximate surface area is 100 Å². The van der Waals surface area contributed by atoms with Gasteiger partial charge in [-0.05, 0) is 36.6 Å². The van der Waals surface area contributed by atoms with Crippen LogP contribution in [-0.4, -0.2) is 18.9 Å². The van der Waals surface area contributed by atoms with Crippen LogP contribution in [0.2, 0.25) is 0 Å². The zero-order valence-corrected chi connectivity index (χ0v) is 10.1. The molecule has 0 heterocycles. The van der Waals surface area contributed by atoms with E-state index in [1.54, 1.807) is 6.08 Å². The van der Waals surface area contributed by atoms with E-state index >= 15 is 0 Å². The molecular weight excluding hydrogens is 216 g/mol. The van der Waals surface area contributed by atoms with Crippen LogP contribution in [0.5, 0.6) is 0 Å². The average molecular weight is 230 g/mol. The second-order valence-electron chi connectivity index (χ2n) is 4.23. The Morgan fingerprint density at radius 3 is 2.41 bits per heavy atom. The molecule has 0 fully saturated rings. The van der Waals surface area contributed by atoms with E-state index in [-0.39, 0.29) is 5.78 Å². The van der Waals surface area contributed by atoms with Crippen molar-refractivity contribution in [2.75, 3.05) is 7.11 Å². The largest absolute Gasteiger partial charge is 0.468 e. The Morgan fingerprint density at radius 1 is 1.24 bits per heavy atom. The fourth-order valence-corrected chi connectivity index (χ4v) is 2.11. The number of Topliss-reactive ketones (excluding diaryl/α,β-unsaturated/α-hetero) is 1. The van der Waals surface area contributed by atoms with E-state index in [0.717, 1.165) is 16.7 Å². The van der Waals surface area contributed by atoms with Crippen LogP contribution in [0, 0.1) is 12.3 Å². The highest BCUT2D eigenvalue weighted by atomic mass is 16.5. The highest BCUT2D eigenvalue weighted by Gasteiger charge is 2.57. The monoisotopic (exact) mass is 230 g/mol. The lowest BCUT2D eigenvalue weighted by Crippen LogP contribution is -2.28. The van der Waals surface area contributed by atoms with E-state index in [0.29, 0.717) is 0 Å². The van der Waals surface area contributed by atoms with Crippen LogP contribution in [0.25, 0.3) is 5.57 Å². The fourth-order valence-electron chi connectivity index (χ4n) is 2.11. The average Bonchev–Trinajstić information content (AvgIpc) is 3.05. The third kappa shape index (κ3) is 1.58. The van der Waals surface area contributed by atoms with E-state index in [4.69, 9.17) is 4.74 Å². The maximum atomic E-state index is 11.7. The van der Waals surface area contributed by atoms with Gasteiger partial charge in [0.2, 0.25) is 0 Å². The van der Waals surface area contributed by atoms with Gasteiger partial charge in [0.25, 0.3) is 0 Å². The molecule has 0 aromatic heterocycles. The number of rotatable bonds is 3. The minimum atomic E-state index is -1.14.